The number of para-hydroxylation sites is 2. The van der Waals surface area contributed by atoms with Crippen LogP contribution in [0.15, 0.2) is 176 Å². The Morgan fingerprint density at radius 2 is 0.854 bits per heavy atom. The zero-order valence-electron chi connectivity index (χ0n) is 22.7. The van der Waals surface area contributed by atoms with Crippen LogP contribution < -0.4 is 4.90 Å². The average Bonchev–Trinajstić information content (AvgIpc) is 3.06. The van der Waals surface area contributed by atoms with Crippen molar-refractivity contribution in [3.05, 3.63) is 176 Å². The van der Waals surface area contributed by atoms with Crippen LogP contribution in [0.1, 0.15) is 0 Å². The fourth-order valence-electron chi connectivity index (χ4n) is 5.61. The highest BCUT2D eigenvalue weighted by molar-refractivity contribution is 5.91. The van der Waals surface area contributed by atoms with Crippen molar-refractivity contribution in [2.45, 2.75) is 0 Å². The second-order valence-corrected chi connectivity index (χ2v) is 10.2. The third-order valence-corrected chi connectivity index (χ3v) is 7.63. The highest BCUT2D eigenvalue weighted by Crippen LogP contribution is 2.42. The van der Waals surface area contributed by atoms with Gasteiger partial charge in [0.05, 0.1) is 5.69 Å². The lowest BCUT2D eigenvalue weighted by molar-refractivity contribution is 1.28. The SMILES string of the molecule is c1ccc(-c2cccc(-c3ccccc3N(c3ccccc3)c3cccc(-c4ccc5ccccc5c4)c3)c2)cc1. The van der Waals surface area contributed by atoms with Crippen LogP contribution in [-0.2, 0) is 0 Å². The molecule has 0 heterocycles. The van der Waals surface area contributed by atoms with Crippen molar-refractivity contribution in [2.24, 2.45) is 0 Å². The number of hydrogen-bond donors (Lipinski definition) is 0. The molecule has 41 heavy (non-hydrogen) atoms. The minimum absolute atomic E-state index is 1.12. The zero-order valence-corrected chi connectivity index (χ0v) is 22.7. The summed E-state index contributed by atoms with van der Waals surface area (Å²) in [6, 6.07) is 62.9. The van der Waals surface area contributed by atoms with E-state index >= 15 is 0 Å². The number of anilines is 3. The zero-order chi connectivity index (χ0) is 27.4. The number of fused-ring (bicyclic) bond motifs is 1. The lowest BCUT2D eigenvalue weighted by Gasteiger charge is -2.28. The van der Waals surface area contributed by atoms with Crippen LogP contribution >= 0.6 is 0 Å². The fraction of sp³-hybridized carbons (Fsp3) is 0. The molecule has 0 spiro atoms. The first kappa shape index (κ1) is 24.6. The first-order chi connectivity index (χ1) is 20.3. The van der Waals surface area contributed by atoms with Crippen LogP contribution in [0.4, 0.5) is 17.1 Å². The van der Waals surface area contributed by atoms with Gasteiger partial charge in [0.15, 0.2) is 0 Å². The van der Waals surface area contributed by atoms with E-state index in [2.05, 4.69) is 181 Å². The van der Waals surface area contributed by atoms with Crippen molar-refractivity contribution in [3.63, 3.8) is 0 Å². The predicted octanol–water partition coefficient (Wildman–Crippen LogP) is 11.3. The van der Waals surface area contributed by atoms with E-state index in [9.17, 15) is 0 Å². The summed E-state index contributed by atoms with van der Waals surface area (Å²) in [5.41, 5.74) is 10.6. The molecule has 1 nitrogen and oxygen atoms in total. The van der Waals surface area contributed by atoms with E-state index in [1.807, 2.05) is 0 Å². The Hall–Kier alpha value is -5.40. The Bertz CT molecular complexity index is 1940. The van der Waals surface area contributed by atoms with E-state index in [-0.39, 0.29) is 0 Å². The van der Waals surface area contributed by atoms with Gasteiger partial charge in [0, 0.05) is 16.9 Å². The van der Waals surface area contributed by atoms with Crippen LogP contribution in [0.5, 0.6) is 0 Å². The molecule has 0 amide bonds. The monoisotopic (exact) mass is 523 g/mol. The van der Waals surface area contributed by atoms with Crippen LogP contribution in [-0.4, -0.2) is 0 Å². The van der Waals surface area contributed by atoms with Crippen LogP contribution in [0.3, 0.4) is 0 Å². The van der Waals surface area contributed by atoms with E-state index in [0.717, 1.165) is 17.1 Å². The normalized spacial score (nSPS) is 10.9. The molecule has 0 aliphatic heterocycles. The number of rotatable bonds is 6. The maximum atomic E-state index is 2.37. The van der Waals surface area contributed by atoms with Gasteiger partial charge in [0.2, 0.25) is 0 Å². The minimum atomic E-state index is 1.12. The van der Waals surface area contributed by atoms with Gasteiger partial charge in [-0.15, -0.1) is 0 Å². The summed E-state index contributed by atoms with van der Waals surface area (Å²) in [6.45, 7) is 0. The molecule has 0 unspecified atom stereocenters. The molecular weight excluding hydrogens is 494 g/mol. The van der Waals surface area contributed by atoms with Gasteiger partial charge in [0.25, 0.3) is 0 Å². The van der Waals surface area contributed by atoms with Gasteiger partial charge >= 0.3 is 0 Å². The van der Waals surface area contributed by atoms with Gasteiger partial charge < -0.3 is 4.90 Å². The average molecular weight is 524 g/mol. The quantitative estimate of drug-likeness (QED) is 0.209. The molecule has 0 saturated carbocycles. The highest BCUT2D eigenvalue weighted by atomic mass is 15.1. The van der Waals surface area contributed by atoms with Crippen molar-refractivity contribution in [2.75, 3.05) is 4.90 Å². The van der Waals surface area contributed by atoms with Gasteiger partial charge in [-0.25, -0.2) is 0 Å². The lowest BCUT2D eigenvalue weighted by atomic mass is 9.97. The van der Waals surface area contributed by atoms with Crippen molar-refractivity contribution in [3.8, 4) is 33.4 Å². The summed E-state index contributed by atoms with van der Waals surface area (Å²) in [5, 5.41) is 2.50. The van der Waals surface area contributed by atoms with Gasteiger partial charge in [-0.3, -0.25) is 0 Å². The molecule has 0 aromatic heterocycles. The molecular formula is C40H29N. The minimum Gasteiger partial charge on any atom is -0.310 e. The van der Waals surface area contributed by atoms with E-state index in [4.69, 9.17) is 0 Å². The molecule has 0 aliphatic carbocycles. The topological polar surface area (TPSA) is 3.24 Å². The molecule has 0 bridgehead atoms. The van der Waals surface area contributed by atoms with Gasteiger partial charge in [-0.05, 0) is 81.1 Å². The second-order valence-electron chi connectivity index (χ2n) is 10.2. The molecule has 7 aromatic rings. The van der Waals surface area contributed by atoms with Crippen molar-refractivity contribution in [1.29, 1.82) is 0 Å². The first-order valence-electron chi connectivity index (χ1n) is 14.0. The number of nitrogens with zero attached hydrogens (tertiary/aromatic N) is 1. The van der Waals surface area contributed by atoms with Crippen LogP contribution in [0.2, 0.25) is 0 Å². The number of benzene rings is 7. The van der Waals surface area contributed by atoms with E-state index < -0.39 is 0 Å². The summed E-state index contributed by atoms with van der Waals surface area (Å²) in [4.78, 5) is 2.37. The first-order valence-corrected chi connectivity index (χ1v) is 14.0. The Morgan fingerprint density at radius 3 is 1.68 bits per heavy atom. The number of hydrogen-bond acceptors (Lipinski definition) is 1. The summed E-state index contributed by atoms with van der Waals surface area (Å²) < 4.78 is 0. The van der Waals surface area contributed by atoms with Gasteiger partial charge in [-0.2, -0.15) is 0 Å². The van der Waals surface area contributed by atoms with Crippen LogP contribution in [0.25, 0.3) is 44.2 Å². The molecule has 1 heteroatoms. The molecule has 0 aliphatic rings. The van der Waals surface area contributed by atoms with Crippen molar-refractivity contribution in [1.82, 2.24) is 0 Å². The Morgan fingerprint density at radius 1 is 0.293 bits per heavy atom. The van der Waals surface area contributed by atoms with Crippen LogP contribution in [0, 0.1) is 0 Å². The molecule has 0 fully saturated rings. The molecule has 7 rings (SSSR count). The third-order valence-electron chi connectivity index (χ3n) is 7.63. The lowest BCUT2D eigenvalue weighted by Crippen LogP contribution is -2.11. The van der Waals surface area contributed by atoms with Crippen molar-refractivity contribution >= 4 is 27.8 Å². The van der Waals surface area contributed by atoms with E-state index in [1.165, 1.54) is 44.2 Å². The largest absolute Gasteiger partial charge is 0.310 e. The fourth-order valence-corrected chi connectivity index (χ4v) is 5.61. The summed E-state index contributed by atoms with van der Waals surface area (Å²) in [5.74, 6) is 0. The van der Waals surface area contributed by atoms with Gasteiger partial charge in [0.1, 0.15) is 0 Å². The van der Waals surface area contributed by atoms with E-state index in [1.54, 1.807) is 0 Å². The smallest absolute Gasteiger partial charge is 0.0540 e. The Balaban J connectivity index is 1.37. The van der Waals surface area contributed by atoms with Crippen molar-refractivity contribution < 1.29 is 0 Å². The summed E-state index contributed by atoms with van der Waals surface area (Å²) in [7, 11) is 0. The molecule has 0 N–H and O–H groups in total. The Labute approximate surface area is 241 Å². The maximum Gasteiger partial charge on any atom is 0.0540 e. The Kier molecular flexibility index (Phi) is 6.61. The molecule has 194 valence electrons. The molecule has 0 radical (unpaired) electrons. The molecule has 0 saturated heterocycles. The molecule has 7 aromatic carbocycles. The molecule has 0 atom stereocenters. The highest BCUT2D eigenvalue weighted by Gasteiger charge is 2.17. The standard InChI is InChI=1S/C40H29N/c1-3-13-30(14-4-1)33-17-11-19-36(28-33)39-23-9-10-24-40(39)41(37-20-5-2-6-21-37)38-22-12-18-34(29-38)35-26-25-31-15-7-8-16-32(31)27-35/h1-29H. The van der Waals surface area contributed by atoms with E-state index in [0.29, 0.717) is 0 Å². The maximum absolute atomic E-state index is 2.37. The predicted molar refractivity (Wildman–Crippen MR) is 175 cm³/mol. The summed E-state index contributed by atoms with van der Waals surface area (Å²) in [6.07, 6.45) is 0. The summed E-state index contributed by atoms with van der Waals surface area (Å²) >= 11 is 0. The third kappa shape index (κ3) is 5.02. The second kappa shape index (κ2) is 11.0. The van der Waals surface area contributed by atoms with Gasteiger partial charge in [-0.1, -0.05) is 133 Å².